The molecule has 3 aromatic carbocycles. The Morgan fingerprint density at radius 2 is 1.58 bits per heavy atom. The van der Waals surface area contributed by atoms with Crippen LogP contribution in [0.1, 0.15) is 77.5 Å². The van der Waals surface area contributed by atoms with E-state index in [4.69, 9.17) is 10.5 Å². The first kappa shape index (κ1) is 35.4. The summed E-state index contributed by atoms with van der Waals surface area (Å²) in [5, 5.41) is 3.71. The molecule has 2 heterocycles. The van der Waals surface area contributed by atoms with Gasteiger partial charge in [0, 0.05) is 56.6 Å². The zero-order valence-corrected chi connectivity index (χ0v) is 30.1. The minimum Gasteiger partial charge on any atom is -0.493 e. The van der Waals surface area contributed by atoms with Gasteiger partial charge in [0.2, 0.25) is 11.8 Å². The van der Waals surface area contributed by atoms with E-state index in [0.717, 1.165) is 48.1 Å². The molecule has 3 amide bonds. The number of nitrogens with zero attached hydrogens (tertiary/aromatic N) is 2. The summed E-state index contributed by atoms with van der Waals surface area (Å²) in [5.41, 5.74) is 15.5. The van der Waals surface area contributed by atoms with Crippen molar-refractivity contribution in [2.45, 2.75) is 97.2 Å². The number of aryl methyl sites for hydroxylation is 3. The van der Waals surface area contributed by atoms with E-state index in [2.05, 4.69) is 98.6 Å². The minimum atomic E-state index is -0.392. The molecular formula is C42H52N4O4. The monoisotopic (exact) mass is 676 g/mol. The van der Waals surface area contributed by atoms with Gasteiger partial charge in [0.15, 0.2) is 0 Å². The zero-order valence-electron chi connectivity index (χ0n) is 30.1. The highest BCUT2D eigenvalue weighted by molar-refractivity contribution is 6.03. The van der Waals surface area contributed by atoms with Crippen LogP contribution in [0.3, 0.4) is 0 Å². The molecule has 2 bridgehead atoms. The molecule has 3 N–H and O–H groups in total. The van der Waals surface area contributed by atoms with Gasteiger partial charge in [-0.25, -0.2) is 0 Å². The summed E-state index contributed by atoms with van der Waals surface area (Å²) in [7, 11) is 0. The maximum Gasteiger partial charge on any atom is 0.252 e. The van der Waals surface area contributed by atoms with Crippen LogP contribution in [0.15, 0.2) is 66.2 Å². The normalized spacial score (nSPS) is 18.6. The molecule has 50 heavy (non-hydrogen) atoms. The van der Waals surface area contributed by atoms with E-state index in [-0.39, 0.29) is 42.8 Å². The van der Waals surface area contributed by atoms with E-state index in [1.807, 2.05) is 4.90 Å². The number of primary amides is 1. The van der Waals surface area contributed by atoms with Crippen LogP contribution in [0.5, 0.6) is 5.75 Å². The number of piperazine rings is 1. The van der Waals surface area contributed by atoms with Gasteiger partial charge in [0.05, 0.1) is 12.6 Å². The molecule has 1 saturated carbocycles. The van der Waals surface area contributed by atoms with Gasteiger partial charge in [-0.2, -0.15) is 0 Å². The lowest BCUT2D eigenvalue weighted by atomic mass is 9.82. The van der Waals surface area contributed by atoms with Gasteiger partial charge in [0.1, 0.15) is 5.75 Å². The Morgan fingerprint density at radius 3 is 2.28 bits per heavy atom. The van der Waals surface area contributed by atoms with Crippen molar-refractivity contribution in [1.29, 1.82) is 0 Å². The van der Waals surface area contributed by atoms with Crippen molar-refractivity contribution in [2.75, 3.05) is 26.2 Å². The van der Waals surface area contributed by atoms with Crippen molar-refractivity contribution in [3.8, 4) is 5.75 Å². The highest BCUT2D eigenvalue weighted by Gasteiger charge is 2.43. The fourth-order valence-electron chi connectivity index (χ4n) is 7.44. The number of fused-ring (bicyclic) bond motifs is 2. The molecule has 3 aromatic rings. The number of nitrogens with one attached hydrogen (secondary N) is 1. The first-order valence-corrected chi connectivity index (χ1v) is 18.3. The molecule has 0 radical (unpaired) electrons. The Labute approximate surface area is 297 Å². The second-order valence-electron chi connectivity index (χ2n) is 14.6. The molecule has 1 aliphatic carbocycles. The van der Waals surface area contributed by atoms with Crippen LogP contribution in [0.2, 0.25) is 0 Å². The van der Waals surface area contributed by atoms with E-state index < -0.39 is 5.91 Å². The molecule has 0 unspecified atom stereocenters. The quantitative estimate of drug-likeness (QED) is 0.226. The number of amides is 3. The Bertz CT molecular complexity index is 1740. The molecule has 3 aliphatic rings. The predicted octanol–water partition coefficient (Wildman–Crippen LogP) is 5.76. The number of ether oxygens (including phenoxy) is 1. The lowest BCUT2D eigenvalue weighted by Crippen LogP contribution is -2.62. The average Bonchev–Trinajstić information content (AvgIpc) is 3.93. The summed E-state index contributed by atoms with van der Waals surface area (Å²) in [6.07, 6.45) is 5.20. The number of carbonyl (C=O) groups excluding carboxylic acids is 3. The van der Waals surface area contributed by atoms with Crippen LogP contribution in [-0.2, 0) is 27.2 Å². The summed E-state index contributed by atoms with van der Waals surface area (Å²) in [4.78, 5) is 43.3. The van der Waals surface area contributed by atoms with Crippen LogP contribution >= 0.6 is 0 Å². The first-order valence-electron chi connectivity index (χ1n) is 18.3. The molecule has 0 aromatic heterocycles. The molecule has 2 atom stereocenters. The van der Waals surface area contributed by atoms with Crippen LogP contribution in [0.4, 0.5) is 0 Å². The lowest BCUT2D eigenvalue weighted by molar-refractivity contribution is -0.134. The number of hydrogen-bond acceptors (Lipinski definition) is 5. The van der Waals surface area contributed by atoms with Crippen molar-refractivity contribution < 1.29 is 19.1 Å². The van der Waals surface area contributed by atoms with Crippen molar-refractivity contribution in [3.05, 3.63) is 105 Å². The fraction of sp³-hybridized carbons (Fsp3) is 0.452. The zero-order chi connectivity index (χ0) is 35.4. The molecule has 0 spiro atoms. The third kappa shape index (κ3) is 8.64. The van der Waals surface area contributed by atoms with Gasteiger partial charge >= 0.3 is 0 Å². The Balaban J connectivity index is 1.23. The second-order valence-corrected chi connectivity index (χ2v) is 14.6. The third-order valence-electron chi connectivity index (χ3n) is 10.5. The van der Waals surface area contributed by atoms with Crippen LogP contribution < -0.4 is 15.8 Å². The number of carbonyl (C=O) groups is 3. The highest BCUT2D eigenvalue weighted by atomic mass is 16.5. The van der Waals surface area contributed by atoms with Crippen molar-refractivity contribution in [3.63, 3.8) is 0 Å². The summed E-state index contributed by atoms with van der Waals surface area (Å²) in [5.74, 6) is 0.641. The third-order valence-corrected chi connectivity index (χ3v) is 10.5. The number of nitrogens with two attached hydrogens (primary N) is 1. The Hall–Kier alpha value is -4.43. The second kappa shape index (κ2) is 15.6. The van der Waals surface area contributed by atoms with Gasteiger partial charge < -0.3 is 25.6 Å². The standard InChI is InChI=1S/C42H52N4O4/c1-27-8-10-31(11-9-27)18-20-46(35-16-17-35)42(49)41-36(24-34-25-45(26-37(41)44-34)40(48)7-5-6-39(43)47)33-14-12-32(13-15-33)19-21-50-38-23-28(2)22-29(3)30(38)4/h8-15,22-23,34-35,37,44H,5-7,16-21,24-26H2,1-4H3,(H2,43,47)/t34-,37-/m1/s1. The van der Waals surface area contributed by atoms with Gasteiger partial charge in [0.25, 0.3) is 5.91 Å². The van der Waals surface area contributed by atoms with Crippen LogP contribution in [0, 0.1) is 27.7 Å². The van der Waals surface area contributed by atoms with Gasteiger partial charge in [-0.1, -0.05) is 60.2 Å². The molecule has 2 aliphatic heterocycles. The minimum absolute atomic E-state index is 0.0130. The smallest absolute Gasteiger partial charge is 0.252 e. The highest BCUT2D eigenvalue weighted by Crippen LogP contribution is 2.37. The van der Waals surface area contributed by atoms with Crippen molar-refractivity contribution in [1.82, 2.24) is 15.1 Å². The summed E-state index contributed by atoms with van der Waals surface area (Å²) in [6.45, 7) is 10.7. The number of benzene rings is 3. The maximum absolute atomic E-state index is 14.7. The SMILES string of the molecule is Cc1ccc(CCN(C(=O)C2=C(c3ccc(CCOc4cc(C)cc(C)c4C)cc3)C[C@@H]3CN(C(=O)CCCC(N)=O)C[C@H]2N3)C2CC2)cc1. The Kier molecular flexibility index (Phi) is 11.1. The van der Waals surface area contributed by atoms with E-state index in [1.165, 1.54) is 33.4 Å². The van der Waals surface area contributed by atoms with E-state index in [9.17, 15) is 14.4 Å². The largest absolute Gasteiger partial charge is 0.493 e. The van der Waals surface area contributed by atoms with Crippen LogP contribution in [-0.4, -0.2) is 71.9 Å². The van der Waals surface area contributed by atoms with Crippen molar-refractivity contribution >= 4 is 23.3 Å². The van der Waals surface area contributed by atoms with Crippen LogP contribution in [0.25, 0.3) is 5.57 Å². The summed E-state index contributed by atoms with van der Waals surface area (Å²) in [6, 6.07) is 21.5. The first-order chi connectivity index (χ1) is 24.0. The topological polar surface area (TPSA) is 105 Å². The molecule has 264 valence electrons. The summed E-state index contributed by atoms with van der Waals surface area (Å²) >= 11 is 0. The molecular weight excluding hydrogens is 624 g/mol. The van der Waals surface area contributed by atoms with Gasteiger partial charge in [-0.05, 0) is 105 Å². The Morgan fingerprint density at radius 1 is 0.880 bits per heavy atom. The van der Waals surface area contributed by atoms with Crippen molar-refractivity contribution in [2.24, 2.45) is 5.73 Å². The van der Waals surface area contributed by atoms with E-state index >= 15 is 0 Å². The molecule has 1 saturated heterocycles. The molecule has 8 nitrogen and oxygen atoms in total. The molecule has 2 fully saturated rings. The fourth-order valence-corrected chi connectivity index (χ4v) is 7.44. The number of rotatable bonds is 14. The van der Waals surface area contributed by atoms with E-state index in [0.29, 0.717) is 39.1 Å². The summed E-state index contributed by atoms with van der Waals surface area (Å²) < 4.78 is 6.21. The lowest BCUT2D eigenvalue weighted by Gasteiger charge is -2.45. The van der Waals surface area contributed by atoms with E-state index in [1.54, 1.807) is 0 Å². The molecule has 6 rings (SSSR count). The molecule has 8 heteroatoms. The number of hydrogen-bond donors (Lipinski definition) is 2. The predicted molar refractivity (Wildman–Crippen MR) is 198 cm³/mol. The van der Waals surface area contributed by atoms with Gasteiger partial charge in [-0.15, -0.1) is 0 Å². The average molecular weight is 677 g/mol. The maximum atomic E-state index is 14.7. The van der Waals surface area contributed by atoms with Gasteiger partial charge in [-0.3, -0.25) is 14.4 Å².